The van der Waals surface area contributed by atoms with Gasteiger partial charge in [0.25, 0.3) is 10.0 Å². The molecule has 0 fully saturated rings. The number of anilines is 1. The van der Waals surface area contributed by atoms with Gasteiger partial charge >= 0.3 is 0 Å². The topological polar surface area (TPSA) is 71.3 Å². The Bertz CT molecular complexity index is 743. The zero-order valence-corrected chi connectivity index (χ0v) is 13.6. The van der Waals surface area contributed by atoms with Crippen molar-refractivity contribution >= 4 is 43.2 Å². The maximum absolute atomic E-state index is 12.3. The van der Waals surface area contributed by atoms with Crippen molar-refractivity contribution in [3.8, 4) is 0 Å². The lowest BCUT2D eigenvalue weighted by molar-refractivity contribution is 0.272. The second kappa shape index (κ2) is 5.77. The fourth-order valence-electron chi connectivity index (χ4n) is 1.67. The highest BCUT2D eigenvalue weighted by atomic mass is 79.9. The molecule has 0 saturated carbocycles. The molecule has 0 atom stereocenters. The predicted octanol–water partition coefficient (Wildman–Crippen LogP) is 2.73. The van der Waals surface area contributed by atoms with Crippen molar-refractivity contribution < 1.29 is 13.5 Å². The molecular weight excluding hydrogens is 368 g/mol. The molecule has 5 nitrogen and oxygen atoms in total. The number of hydrogen-bond acceptors (Lipinski definition) is 3. The molecule has 0 aliphatic carbocycles. The Kier molecular flexibility index (Phi) is 4.43. The van der Waals surface area contributed by atoms with Crippen molar-refractivity contribution in [2.24, 2.45) is 7.05 Å². The van der Waals surface area contributed by atoms with E-state index < -0.39 is 10.0 Å². The Balaban J connectivity index is 2.38. The van der Waals surface area contributed by atoms with E-state index in [1.54, 1.807) is 29.8 Å². The highest BCUT2D eigenvalue weighted by Crippen LogP contribution is 2.31. The number of nitrogens with zero attached hydrogens (tertiary/aromatic N) is 1. The molecular formula is C12H12BrClN2O3S. The van der Waals surface area contributed by atoms with Gasteiger partial charge in [-0.1, -0.05) is 17.7 Å². The van der Waals surface area contributed by atoms with Crippen molar-refractivity contribution in [2.45, 2.75) is 11.5 Å². The molecule has 1 heterocycles. The maximum Gasteiger partial charge on any atom is 0.263 e. The number of hydrogen-bond donors (Lipinski definition) is 2. The third-order valence-corrected chi connectivity index (χ3v) is 5.48. The molecule has 2 rings (SSSR count). The Labute approximate surface area is 130 Å². The second-order valence-electron chi connectivity index (χ2n) is 4.14. The molecule has 1 aromatic heterocycles. The van der Waals surface area contributed by atoms with Gasteiger partial charge in [0.05, 0.1) is 21.8 Å². The molecule has 0 spiro atoms. The van der Waals surface area contributed by atoms with Crippen LogP contribution in [0.2, 0.25) is 5.02 Å². The Morgan fingerprint density at radius 1 is 1.45 bits per heavy atom. The summed E-state index contributed by atoms with van der Waals surface area (Å²) in [5, 5.41) is 9.52. The summed E-state index contributed by atoms with van der Waals surface area (Å²) in [6.07, 6.45) is 1.44. The molecule has 8 heteroatoms. The van der Waals surface area contributed by atoms with E-state index >= 15 is 0 Å². The summed E-state index contributed by atoms with van der Waals surface area (Å²) in [5.74, 6) is 0. The quantitative estimate of drug-likeness (QED) is 0.858. The minimum atomic E-state index is -3.73. The van der Waals surface area contributed by atoms with Gasteiger partial charge < -0.3 is 9.67 Å². The molecule has 0 radical (unpaired) electrons. The van der Waals surface area contributed by atoms with E-state index in [1.807, 2.05) is 0 Å². The van der Waals surface area contributed by atoms with Gasteiger partial charge in [0, 0.05) is 18.9 Å². The van der Waals surface area contributed by atoms with Crippen LogP contribution in [0.15, 0.2) is 39.8 Å². The second-order valence-corrected chi connectivity index (χ2v) is 7.03. The van der Waals surface area contributed by atoms with Crippen molar-refractivity contribution in [1.82, 2.24) is 4.57 Å². The third-order valence-electron chi connectivity index (χ3n) is 2.75. The van der Waals surface area contributed by atoms with Crippen molar-refractivity contribution in [3.63, 3.8) is 0 Å². The number of aromatic nitrogens is 1. The van der Waals surface area contributed by atoms with Crippen LogP contribution < -0.4 is 4.72 Å². The molecule has 108 valence electrons. The lowest BCUT2D eigenvalue weighted by atomic mass is 10.3. The molecule has 20 heavy (non-hydrogen) atoms. The first-order valence-corrected chi connectivity index (χ1v) is 8.23. The van der Waals surface area contributed by atoms with E-state index in [4.69, 9.17) is 16.7 Å². The SMILES string of the molecule is Cn1cc(S(=O)(=O)Nc2cccc(Cl)c2Br)cc1CO. The van der Waals surface area contributed by atoms with Crippen LogP contribution in [0.4, 0.5) is 5.69 Å². The van der Waals surface area contributed by atoms with Crippen LogP contribution in [-0.4, -0.2) is 18.1 Å². The average Bonchev–Trinajstić information content (AvgIpc) is 2.77. The predicted molar refractivity (Wildman–Crippen MR) is 81.3 cm³/mol. The van der Waals surface area contributed by atoms with Crippen LogP contribution in [0.5, 0.6) is 0 Å². The molecule has 0 saturated heterocycles. The molecule has 0 unspecified atom stereocenters. The van der Waals surface area contributed by atoms with E-state index in [2.05, 4.69) is 20.7 Å². The summed E-state index contributed by atoms with van der Waals surface area (Å²) in [5.41, 5.74) is 0.863. The molecule has 0 aliphatic rings. The fraction of sp³-hybridized carbons (Fsp3) is 0.167. The van der Waals surface area contributed by atoms with Crippen molar-refractivity contribution in [1.29, 1.82) is 0 Å². The van der Waals surface area contributed by atoms with Gasteiger partial charge in [-0.2, -0.15) is 0 Å². The van der Waals surface area contributed by atoms with E-state index in [0.717, 1.165) is 0 Å². The van der Waals surface area contributed by atoms with E-state index in [1.165, 1.54) is 12.3 Å². The Morgan fingerprint density at radius 3 is 2.75 bits per heavy atom. The number of nitrogens with one attached hydrogen (secondary N) is 1. The number of aryl methyl sites for hydroxylation is 1. The number of halogens is 2. The summed E-state index contributed by atoms with van der Waals surface area (Å²) in [4.78, 5) is 0.0796. The summed E-state index contributed by atoms with van der Waals surface area (Å²) < 4.78 is 29.0. The lowest BCUT2D eigenvalue weighted by Gasteiger charge is -2.09. The van der Waals surface area contributed by atoms with Gasteiger partial charge in [0.2, 0.25) is 0 Å². The first kappa shape index (κ1) is 15.4. The van der Waals surface area contributed by atoms with E-state index in [-0.39, 0.29) is 11.5 Å². The molecule has 1 aromatic carbocycles. The number of aliphatic hydroxyl groups excluding tert-OH is 1. The summed E-state index contributed by atoms with van der Waals surface area (Å²) in [6.45, 7) is -0.229. The van der Waals surface area contributed by atoms with Gasteiger partial charge in [0.1, 0.15) is 4.90 Å². The number of aliphatic hydroxyl groups is 1. The van der Waals surface area contributed by atoms with Gasteiger partial charge in [0.15, 0.2) is 0 Å². The standard InChI is InChI=1S/C12H12BrClN2O3S/c1-16-6-9(5-8(16)7-17)20(18,19)15-11-4-2-3-10(14)12(11)13/h2-6,15,17H,7H2,1H3. The van der Waals surface area contributed by atoms with E-state index in [9.17, 15) is 8.42 Å². The summed E-state index contributed by atoms with van der Waals surface area (Å²) in [7, 11) is -2.07. The first-order valence-electron chi connectivity index (χ1n) is 5.58. The monoisotopic (exact) mass is 378 g/mol. The Morgan fingerprint density at radius 2 is 2.15 bits per heavy atom. The van der Waals surface area contributed by atoms with Crippen molar-refractivity contribution in [2.75, 3.05) is 4.72 Å². The van der Waals surface area contributed by atoms with Crippen LogP contribution in [0, 0.1) is 0 Å². The number of benzene rings is 1. The highest BCUT2D eigenvalue weighted by Gasteiger charge is 2.19. The number of sulfonamides is 1. The fourth-order valence-corrected chi connectivity index (χ4v) is 3.50. The molecule has 0 aliphatic heterocycles. The van der Waals surface area contributed by atoms with Crippen LogP contribution in [0.1, 0.15) is 5.69 Å². The molecule has 0 bridgehead atoms. The lowest BCUT2D eigenvalue weighted by Crippen LogP contribution is -2.12. The first-order chi connectivity index (χ1) is 9.35. The minimum absolute atomic E-state index is 0.0796. The van der Waals surface area contributed by atoms with Crippen LogP contribution in [0.3, 0.4) is 0 Å². The number of rotatable bonds is 4. The normalized spacial score (nSPS) is 11.6. The van der Waals surface area contributed by atoms with Crippen LogP contribution in [-0.2, 0) is 23.7 Å². The highest BCUT2D eigenvalue weighted by molar-refractivity contribution is 9.10. The van der Waals surface area contributed by atoms with E-state index in [0.29, 0.717) is 20.9 Å². The van der Waals surface area contributed by atoms with Crippen LogP contribution in [0.25, 0.3) is 0 Å². The maximum atomic E-state index is 12.3. The summed E-state index contributed by atoms with van der Waals surface area (Å²) >= 11 is 9.16. The molecule has 2 aromatic rings. The summed E-state index contributed by atoms with van der Waals surface area (Å²) in [6, 6.07) is 6.31. The zero-order chi connectivity index (χ0) is 14.9. The Hall–Kier alpha value is -1.02. The van der Waals surface area contributed by atoms with Crippen LogP contribution >= 0.6 is 27.5 Å². The molecule has 0 amide bonds. The van der Waals surface area contributed by atoms with Gasteiger partial charge in [-0.3, -0.25) is 4.72 Å². The zero-order valence-electron chi connectivity index (χ0n) is 10.5. The van der Waals surface area contributed by atoms with Crippen molar-refractivity contribution in [3.05, 3.63) is 45.7 Å². The van der Waals surface area contributed by atoms with Gasteiger partial charge in [-0.25, -0.2) is 8.42 Å². The third kappa shape index (κ3) is 3.01. The minimum Gasteiger partial charge on any atom is -0.390 e. The molecule has 2 N–H and O–H groups in total. The average molecular weight is 380 g/mol. The van der Waals surface area contributed by atoms with Gasteiger partial charge in [-0.05, 0) is 34.1 Å². The van der Waals surface area contributed by atoms with Gasteiger partial charge in [-0.15, -0.1) is 0 Å². The largest absolute Gasteiger partial charge is 0.390 e. The smallest absolute Gasteiger partial charge is 0.263 e.